The summed E-state index contributed by atoms with van der Waals surface area (Å²) in [6, 6.07) is 15.7. The van der Waals surface area contributed by atoms with Gasteiger partial charge in [0.05, 0.1) is 13.3 Å². The lowest BCUT2D eigenvalue weighted by molar-refractivity contribution is -0.136. The van der Waals surface area contributed by atoms with Crippen molar-refractivity contribution in [3.05, 3.63) is 86.9 Å². The van der Waals surface area contributed by atoms with Gasteiger partial charge in [-0.25, -0.2) is 5.43 Å². The molecule has 34 heavy (non-hydrogen) atoms. The van der Waals surface area contributed by atoms with Gasteiger partial charge >= 0.3 is 11.8 Å². The maximum Gasteiger partial charge on any atom is 0.329 e. The Kier molecular flexibility index (Phi) is 8.51. The molecule has 3 rings (SSSR count). The van der Waals surface area contributed by atoms with Crippen LogP contribution in [0.15, 0.2) is 59.7 Å². The number of carbonyl (C=O) groups excluding carboxylic acids is 2. The number of rotatable bonds is 7. The van der Waals surface area contributed by atoms with Gasteiger partial charge in [0, 0.05) is 21.3 Å². The summed E-state index contributed by atoms with van der Waals surface area (Å²) in [4.78, 5) is 24.1. The molecule has 0 saturated carbocycles. The van der Waals surface area contributed by atoms with E-state index in [0.717, 1.165) is 11.1 Å². The summed E-state index contributed by atoms with van der Waals surface area (Å²) in [6.45, 7) is 4.05. The highest BCUT2D eigenvalue weighted by Crippen LogP contribution is 2.31. The number of halogens is 2. The van der Waals surface area contributed by atoms with Crippen molar-refractivity contribution in [2.45, 2.75) is 20.5 Å². The molecule has 2 amide bonds. The van der Waals surface area contributed by atoms with Gasteiger partial charge < -0.3 is 14.8 Å². The summed E-state index contributed by atoms with van der Waals surface area (Å²) in [5, 5.41) is 7.39. The molecule has 0 saturated heterocycles. The van der Waals surface area contributed by atoms with Crippen molar-refractivity contribution in [3.8, 4) is 11.5 Å². The Morgan fingerprint density at radius 3 is 2.35 bits per heavy atom. The standard InChI is InChI=1S/C25H23Cl2N3O4/c1-15-7-9-18(11-16(15)2)29-24(31)25(32)30-28-13-17-8-10-22(23(12-17)33-3)34-14-19-20(26)5-4-6-21(19)27/h4-13H,14H2,1-3H3,(H,29,31)(H,30,32)/b28-13-. The van der Waals surface area contributed by atoms with Gasteiger partial charge in [0.25, 0.3) is 0 Å². The fourth-order valence-corrected chi connectivity index (χ4v) is 3.43. The Hall–Kier alpha value is -3.55. The first kappa shape index (κ1) is 25.1. The third kappa shape index (κ3) is 6.50. The van der Waals surface area contributed by atoms with Crippen LogP contribution in [-0.2, 0) is 16.2 Å². The van der Waals surface area contributed by atoms with Crippen LogP contribution in [0, 0.1) is 13.8 Å². The average molecular weight is 500 g/mol. The van der Waals surface area contributed by atoms with Crippen LogP contribution in [0.1, 0.15) is 22.3 Å². The molecule has 0 aromatic heterocycles. The van der Waals surface area contributed by atoms with Crippen molar-refractivity contribution in [2.24, 2.45) is 5.10 Å². The van der Waals surface area contributed by atoms with E-state index in [-0.39, 0.29) is 6.61 Å². The average Bonchev–Trinajstić information content (AvgIpc) is 2.81. The Morgan fingerprint density at radius 2 is 1.68 bits per heavy atom. The summed E-state index contributed by atoms with van der Waals surface area (Å²) < 4.78 is 11.2. The largest absolute Gasteiger partial charge is 0.493 e. The highest BCUT2D eigenvalue weighted by Gasteiger charge is 2.13. The van der Waals surface area contributed by atoms with E-state index in [1.54, 1.807) is 48.5 Å². The first-order valence-corrected chi connectivity index (χ1v) is 11.0. The fraction of sp³-hybridized carbons (Fsp3) is 0.160. The van der Waals surface area contributed by atoms with Crippen LogP contribution in [0.3, 0.4) is 0 Å². The molecule has 9 heteroatoms. The number of nitrogens with one attached hydrogen (secondary N) is 2. The Bertz CT molecular complexity index is 1220. The van der Waals surface area contributed by atoms with Gasteiger partial charge in [-0.1, -0.05) is 35.3 Å². The lowest BCUT2D eigenvalue weighted by Crippen LogP contribution is -2.32. The van der Waals surface area contributed by atoms with Crippen LogP contribution in [0.4, 0.5) is 5.69 Å². The smallest absolute Gasteiger partial charge is 0.329 e. The number of nitrogens with zero attached hydrogens (tertiary/aromatic N) is 1. The molecule has 0 bridgehead atoms. The molecule has 0 atom stereocenters. The number of hydrogen-bond acceptors (Lipinski definition) is 5. The maximum absolute atomic E-state index is 12.1. The molecule has 0 aliphatic rings. The van der Waals surface area contributed by atoms with Crippen LogP contribution in [0.5, 0.6) is 11.5 Å². The number of hydrazone groups is 1. The molecule has 176 valence electrons. The van der Waals surface area contributed by atoms with Crippen molar-refractivity contribution in [3.63, 3.8) is 0 Å². The minimum atomic E-state index is -0.891. The second-order valence-corrected chi connectivity index (χ2v) is 8.17. The van der Waals surface area contributed by atoms with Crippen LogP contribution in [0.25, 0.3) is 0 Å². The van der Waals surface area contributed by atoms with Gasteiger partial charge in [0.15, 0.2) is 11.5 Å². The lowest BCUT2D eigenvalue weighted by atomic mass is 10.1. The SMILES string of the molecule is COc1cc(/C=N\NC(=O)C(=O)Nc2ccc(C)c(C)c2)ccc1OCc1c(Cl)cccc1Cl. The zero-order valence-corrected chi connectivity index (χ0v) is 20.3. The minimum Gasteiger partial charge on any atom is -0.493 e. The minimum absolute atomic E-state index is 0.161. The number of methoxy groups -OCH3 is 1. The number of anilines is 1. The van der Waals surface area contributed by atoms with E-state index in [0.29, 0.717) is 38.4 Å². The zero-order valence-electron chi connectivity index (χ0n) is 18.8. The number of amides is 2. The predicted molar refractivity (Wildman–Crippen MR) is 134 cm³/mol. The number of hydrogen-bond donors (Lipinski definition) is 2. The Morgan fingerprint density at radius 1 is 0.941 bits per heavy atom. The Labute approximate surface area is 207 Å². The first-order valence-electron chi connectivity index (χ1n) is 10.2. The van der Waals surface area contributed by atoms with Crippen LogP contribution in [0.2, 0.25) is 10.0 Å². The number of aryl methyl sites for hydroxylation is 2. The maximum atomic E-state index is 12.1. The van der Waals surface area contributed by atoms with Gasteiger partial charge in [-0.2, -0.15) is 5.10 Å². The second kappa shape index (κ2) is 11.5. The highest BCUT2D eigenvalue weighted by atomic mass is 35.5. The fourth-order valence-electron chi connectivity index (χ4n) is 2.93. The summed E-state index contributed by atoms with van der Waals surface area (Å²) in [6.07, 6.45) is 1.39. The summed E-state index contributed by atoms with van der Waals surface area (Å²) in [7, 11) is 1.50. The summed E-state index contributed by atoms with van der Waals surface area (Å²) >= 11 is 12.4. The van der Waals surface area contributed by atoms with Crippen molar-refractivity contribution in [1.82, 2.24) is 5.43 Å². The molecule has 2 N–H and O–H groups in total. The second-order valence-electron chi connectivity index (χ2n) is 7.35. The third-order valence-electron chi connectivity index (χ3n) is 4.97. The van der Waals surface area contributed by atoms with E-state index in [1.807, 2.05) is 19.9 Å². The van der Waals surface area contributed by atoms with E-state index in [1.165, 1.54) is 13.3 Å². The number of benzene rings is 3. The molecule has 3 aromatic carbocycles. The van der Waals surface area contributed by atoms with E-state index in [9.17, 15) is 9.59 Å². The van der Waals surface area contributed by atoms with E-state index >= 15 is 0 Å². The van der Waals surface area contributed by atoms with Gasteiger partial charge in [-0.3, -0.25) is 9.59 Å². The Balaban J connectivity index is 1.59. The molecule has 0 aliphatic carbocycles. The highest BCUT2D eigenvalue weighted by molar-refractivity contribution is 6.39. The van der Waals surface area contributed by atoms with Gasteiger partial charge in [0.2, 0.25) is 0 Å². The number of carbonyl (C=O) groups is 2. The van der Waals surface area contributed by atoms with Crippen molar-refractivity contribution in [2.75, 3.05) is 12.4 Å². The molecule has 0 fully saturated rings. The van der Waals surface area contributed by atoms with Gasteiger partial charge in [-0.15, -0.1) is 0 Å². The quantitative estimate of drug-likeness (QED) is 0.262. The van der Waals surface area contributed by atoms with E-state index in [4.69, 9.17) is 32.7 Å². The molecule has 3 aromatic rings. The van der Waals surface area contributed by atoms with Crippen LogP contribution >= 0.6 is 23.2 Å². The molecule has 0 unspecified atom stereocenters. The molecular formula is C25H23Cl2N3O4. The first-order chi connectivity index (χ1) is 16.3. The normalized spacial score (nSPS) is 10.7. The summed E-state index contributed by atoms with van der Waals surface area (Å²) in [5.41, 5.74) is 6.12. The zero-order chi connectivity index (χ0) is 24.7. The molecular weight excluding hydrogens is 477 g/mol. The molecule has 0 radical (unpaired) electrons. The van der Waals surface area contributed by atoms with Crippen molar-refractivity contribution in [1.29, 1.82) is 0 Å². The lowest BCUT2D eigenvalue weighted by Gasteiger charge is -2.13. The van der Waals surface area contributed by atoms with Gasteiger partial charge in [0.1, 0.15) is 6.61 Å². The van der Waals surface area contributed by atoms with Crippen molar-refractivity contribution >= 4 is 46.9 Å². The van der Waals surface area contributed by atoms with Crippen LogP contribution < -0.4 is 20.2 Å². The molecule has 0 spiro atoms. The topological polar surface area (TPSA) is 89.0 Å². The van der Waals surface area contributed by atoms with Crippen molar-refractivity contribution < 1.29 is 19.1 Å². The molecule has 7 nitrogen and oxygen atoms in total. The number of ether oxygens (including phenoxy) is 2. The van der Waals surface area contributed by atoms with E-state index < -0.39 is 11.8 Å². The monoisotopic (exact) mass is 499 g/mol. The summed E-state index contributed by atoms with van der Waals surface area (Å²) in [5.74, 6) is -0.781. The van der Waals surface area contributed by atoms with Crippen LogP contribution in [-0.4, -0.2) is 25.1 Å². The van der Waals surface area contributed by atoms with Gasteiger partial charge in [-0.05, 0) is 73.0 Å². The molecule has 0 heterocycles. The third-order valence-corrected chi connectivity index (χ3v) is 5.68. The van der Waals surface area contributed by atoms with E-state index in [2.05, 4.69) is 15.8 Å². The molecule has 0 aliphatic heterocycles. The predicted octanol–water partition coefficient (Wildman–Crippen LogP) is 5.29.